The number of hydrogen-bond acceptors (Lipinski definition) is 6. The fourth-order valence-corrected chi connectivity index (χ4v) is 10.4. The van der Waals surface area contributed by atoms with E-state index in [2.05, 4.69) is 93.7 Å². The van der Waals surface area contributed by atoms with Gasteiger partial charge in [0.15, 0.2) is 6.10 Å². The van der Waals surface area contributed by atoms with Gasteiger partial charge in [0.05, 0.1) is 0 Å². The predicted molar refractivity (Wildman–Crippen MR) is 353 cm³/mol. The third kappa shape index (κ3) is 67.5. The van der Waals surface area contributed by atoms with Crippen LogP contribution in [0.25, 0.3) is 0 Å². The second-order valence-corrected chi connectivity index (χ2v) is 23.8. The van der Waals surface area contributed by atoms with E-state index < -0.39 is 6.10 Å². The van der Waals surface area contributed by atoms with Crippen molar-refractivity contribution in [2.24, 2.45) is 0 Å². The second kappa shape index (κ2) is 69.3. The van der Waals surface area contributed by atoms with Crippen LogP contribution < -0.4 is 0 Å². The molecule has 0 fully saturated rings. The van der Waals surface area contributed by atoms with Crippen molar-refractivity contribution in [1.82, 2.24) is 0 Å². The lowest BCUT2D eigenvalue weighted by molar-refractivity contribution is -0.167. The van der Waals surface area contributed by atoms with E-state index in [0.29, 0.717) is 19.3 Å². The number of ether oxygens (including phenoxy) is 3. The maximum atomic E-state index is 12.9. The standard InChI is InChI=1S/C75H134O6/c1-4-7-10-13-16-19-22-25-27-29-31-32-33-34-35-36-37-38-39-40-41-42-44-45-47-50-53-56-59-62-65-68-74(77)80-71-72(70-79-73(76)67-64-61-58-55-52-49-24-21-18-15-12-9-6-3)81-75(78)69-66-63-60-57-54-51-48-46-43-30-28-26-23-20-17-14-11-8-5-2/h9,12,18,21-22,25,29,31,33-34,49,52,72H,4-8,10-11,13-17,19-20,23-24,26-28,30,32,35-48,50-51,53-71H2,1-3H3/b12-9-,21-18-,25-22-,31-29-,34-33-,52-49-. The Morgan fingerprint density at radius 3 is 0.765 bits per heavy atom. The molecular weight excluding hydrogens is 997 g/mol. The van der Waals surface area contributed by atoms with Gasteiger partial charge in [-0.25, -0.2) is 0 Å². The highest BCUT2D eigenvalue weighted by molar-refractivity contribution is 5.71. The van der Waals surface area contributed by atoms with Crippen molar-refractivity contribution >= 4 is 17.9 Å². The van der Waals surface area contributed by atoms with Crippen molar-refractivity contribution in [3.05, 3.63) is 72.9 Å². The zero-order chi connectivity index (χ0) is 58.5. The average molecular weight is 1130 g/mol. The minimum Gasteiger partial charge on any atom is -0.462 e. The Balaban J connectivity index is 4.20. The highest BCUT2D eigenvalue weighted by Crippen LogP contribution is 2.18. The van der Waals surface area contributed by atoms with Gasteiger partial charge in [0.2, 0.25) is 0 Å². The molecule has 0 aliphatic carbocycles. The minimum absolute atomic E-state index is 0.0805. The quantitative estimate of drug-likeness (QED) is 0.0261. The molecule has 0 spiro atoms. The number of carbonyl (C=O) groups is 3. The Kier molecular flexibility index (Phi) is 66.6. The Morgan fingerprint density at radius 1 is 0.259 bits per heavy atom. The van der Waals surface area contributed by atoms with Gasteiger partial charge in [0, 0.05) is 19.3 Å². The topological polar surface area (TPSA) is 78.9 Å². The molecule has 0 rings (SSSR count). The molecular formula is C75H134O6. The first-order valence-corrected chi connectivity index (χ1v) is 35.4. The van der Waals surface area contributed by atoms with Gasteiger partial charge in [-0.15, -0.1) is 0 Å². The summed E-state index contributed by atoms with van der Waals surface area (Å²) in [4.78, 5) is 38.4. The van der Waals surface area contributed by atoms with E-state index >= 15 is 0 Å². The molecule has 0 aliphatic heterocycles. The predicted octanol–water partition coefficient (Wildman–Crippen LogP) is 24.4. The van der Waals surface area contributed by atoms with Crippen LogP contribution in [0, 0.1) is 0 Å². The number of allylic oxidation sites excluding steroid dienone is 12. The highest BCUT2D eigenvalue weighted by atomic mass is 16.6. The fraction of sp³-hybridized carbons (Fsp3) is 0.800. The maximum Gasteiger partial charge on any atom is 0.306 e. The summed E-state index contributed by atoms with van der Waals surface area (Å²) in [5, 5.41) is 0. The van der Waals surface area contributed by atoms with E-state index in [0.717, 1.165) is 96.3 Å². The number of carbonyl (C=O) groups excluding carboxylic acids is 3. The molecule has 1 atom stereocenters. The van der Waals surface area contributed by atoms with Crippen LogP contribution in [0.2, 0.25) is 0 Å². The van der Waals surface area contributed by atoms with Gasteiger partial charge in [-0.05, 0) is 89.9 Å². The molecule has 1 unspecified atom stereocenters. The first-order valence-electron chi connectivity index (χ1n) is 35.4. The van der Waals surface area contributed by atoms with Crippen LogP contribution in [0.4, 0.5) is 0 Å². The van der Waals surface area contributed by atoms with E-state index in [1.807, 2.05) is 0 Å². The Morgan fingerprint density at radius 2 is 0.481 bits per heavy atom. The second-order valence-electron chi connectivity index (χ2n) is 23.8. The Hall–Kier alpha value is -3.15. The molecule has 6 nitrogen and oxygen atoms in total. The lowest BCUT2D eigenvalue weighted by atomic mass is 10.0. The first-order chi connectivity index (χ1) is 40.0. The van der Waals surface area contributed by atoms with Crippen molar-refractivity contribution in [3.8, 4) is 0 Å². The molecule has 470 valence electrons. The molecule has 0 aliphatic rings. The van der Waals surface area contributed by atoms with E-state index in [1.165, 1.54) is 231 Å². The zero-order valence-electron chi connectivity index (χ0n) is 54.1. The van der Waals surface area contributed by atoms with Crippen molar-refractivity contribution in [2.45, 2.75) is 374 Å². The van der Waals surface area contributed by atoms with Crippen LogP contribution in [0.5, 0.6) is 0 Å². The lowest BCUT2D eigenvalue weighted by Gasteiger charge is -2.18. The molecule has 0 amide bonds. The molecule has 0 saturated heterocycles. The van der Waals surface area contributed by atoms with E-state index in [9.17, 15) is 14.4 Å². The van der Waals surface area contributed by atoms with Crippen molar-refractivity contribution in [2.75, 3.05) is 13.2 Å². The number of hydrogen-bond donors (Lipinski definition) is 0. The molecule has 0 heterocycles. The highest BCUT2D eigenvalue weighted by Gasteiger charge is 2.19. The van der Waals surface area contributed by atoms with Gasteiger partial charge in [0.1, 0.15) is 13.2 Å². The summed E-state index contributed by atoms with van der Waals surface area (Å²) in [5.74, 6) is -0.890. The van der Waals surface area contributed by atoms with Gasteiger partial charge in [-0.2, -0.15) is 0 Å². The van der Waals surface area contributed by atoms with Crippen molar-refractivity contribution in [1.29, 1.82) is 0 Å². The van der Waals surface area contributed by atoms with Gasteiger partial charge >= 0.3 is 17.9 Å². The van der Waals surface area contributed by atoms with Crippen molar-refractivity contribution in [3.63, 3.8) is 0 Å². The molecule has 0 N–H and O–H groups in total. The van der Waals surface area contributed by atoms with Crippen LogP contribution in [0.3, 0.4) is 0 Å². The molecule has 0 saturated carbocycles. The molecule has 81 heavy (non-hydrogen) atoms. The van der Waals surface area contributed by atoms with E-state index in [1.54, 1.807) is 0 Å². The molecule has 0 radical (unpaired) electrons. The van der Waals surface area contributed by atoms with Crippen LogP contribution in [-0.2, 0) is 28.6 Å². The average Bonchev–Trinajstić information content (AvgIpc) is 3.46. The normalized spacial score (nSPS) is 12.5. The zero-order valence-corrected chi connectivity index (χ0v) is 54.1. The van der Waals surface area contributed by atoms with Gasteiger partial charge in [-0.3, -0.25) is 14.4 Å². The van der Waals surface area contributed by atoms with E-state index in [-0.39, 0.29) is 31.1 Å². The lowest BCUT2D eigenvalue weighted by Crippen LogP contribution is -2.30. The fourth-order valence-electron chi connectivity index (χ4n) is 10.4. The third-order valence-corrected chi connectivity index (χ3v) is 15.7. The SMILES string of the molecule is CC/C=C\C/C=C\C/C=C\CCCCCC(=O)OCC(COC(=O)CCCCCCCCCCCCCCCCCC/C=C\C/C=C\C/C=C\CCCCCCC)OC(=O)CCCCCCCCCCCCCCCCCCCCC. The number of unbranched alkanes of at least 4 members (excludes halogenated alkanes) is 42. The maximum absolute atomic E-state index is 12.9. The smallest absolute Gasteiger partial charge is 0.306 e. The van der Waals surface area contributed by atoms with Gasteiger partial charge < -0.3 is 14.2 Å². The number of esters is 3. The molecule has 0 aromatic carbocycles. The summed E-state index contributed by atoms with van der Waals surface area (Å²) in [6.07, 6.45) is 90.9. The summed E-state index contributed by atoms with van der Waals surface area (Å²) >= 11 is 0. The molecule has 0 aromatic heterocycles. The van der Waals surface area contributed by atoms with Gasteiger partial charge in [0.25, 0.3) is 0 Å². The van der Waals surface area contributed by atoms with Crippen LogP contribution in [0.15, 0.2) is 72.9 Å². The minimum atomic E-state index is -0.786. The summed E-state index contributed by atoms with van der Waals surface area (Å²) in [5.41, 5.74) is 0. The summed E-state index contributed by atoms with van der Waals surface area (Å²) in [6.45, 7) is 6.54. The first kappa shape index (κ1) is 77.9. The van der Waals surface area contributed by atoms with E-state index in [4.69, 9.17) is 14.2 Å². The van der Waals surface area contributed by atoms with Gasteiger partial charge in [-0.1, -0.05) is 331 Å². The van der Waals surface area contributed by atoms with Crippen LogP contribution in [-0.4, -0.2) is 37.2 Å². The van der Waals surface area contributed by atoms with Crippen LogP contribution >= 0.6 is 0 Å². The monoisotopic (exact) mass is 1130 g/mol. The Labute approximate surface area is 503 Å². The Bertz CT molecular complexity index is 1490. The largest absolute Gasteiger partial charge is 0.462 e. The molecule has 6 heteroatoms. The van der Waals surface area contributed by atoms with Crippen LogP contribution in [0.1, 0.15) is 367 Å². The summed E-state index contributed by atoms with van der Waals surface area (Å²) in [7, 11) is 0. The molecule has 0 aromatic rings. The summed E-state index contributed by atoms with van der Waals surface area (Å²) < 4.78 is 16.9. The molecule has 0 bridgehead atoms. The summed E-state index contributed by atoms with van der Waals surface area (Å²) in [6, 6.07) is 0. The number of rotatable bonds is 65. The van der Waals surface area contributed by atoms with Crippen molar-refractivity contribution < 1.29 is 28.6 Å². The third-order valence-electron chi connectivity index (χ3n) is 15.7.